The number of aliphatic hydroxyl groups is 1. The number of hydrogen-bond acceptors (Lipinski definition) is 6. The second-order valence-corrected chi connectivity index (χ2v) is 8.89. The minimum atomic E-state index is -2.05. The Bertz CT molecular complexity index is 1260. The summed E-state index contributed by atoms with van der Waals surface area (Å²) in [6, 6.07) is 23.6. The number of hydrogen-bond donors (Lipinski definition) is 3. The molecule has 0 aliphatic carbocycles. The average Bonchev–Trinajstić information content (AvgIpc) is 2.87. The summed E-state index contributed by atoms with van der Waals surface area (Å²) in [4.78, 5) is 39.8. The average molecular weight is 551 g/mol. The molecule has 0 spiro atoms. The summed E-state index contributed by atoms with van der Waals surface area (Å²) in [6.45, 7) is 0. The molecule has 4 rings (SSSR count). The third kappa shape index (κ3) is 4.90. The van der Waals surface area contributed by atoms with Gasteiger partial charge in [0.1, 0.15) is 0 Å². The number of rotatable bonds is 6. The van der Waals surface area contributed by atoms with E-state index in [1.165, 1.54) is 4.90 Å². The normalized spacial score (nSPS) is 16.3. The number of benzene rings is 3. The first-order chi connectivity index (χ1) is 16.8. The van der Waals surface area contributed by atoms with Gasteiger partial charge in [0, 0.05) is 10.7 Å². The molecule has 0 aromatic heterocycles. The topological polar surface area (TPSA) is 111 Å². The molecule has 8 nitrogen and oxygen atoms in total. The number of nitrogens with zero attached hydrogens (tertiary/aromatic N) is 2. The van der Waals surface area contributed by atoms with Gasteiger partial charge in [-0.25, -0.2) is 5.43 Å². The van der Waals surface area contributed by atoms with Gasteiger partial charge in [-0.2, -0.15) is 5.10 Å². The predicted molar refractivity (Wildman–Crippen MR) is 138 cm³/mol. The lowest BCUT2D eigenvalue weighted by molar-refractivity contribution is -0.137. The highest BCUT2D eigenvalue weighted by Gasteiger charge is 2.41. The number of thiocarbonyl (C=S) groups is 1. The van der Waals surface area contributed by atoms with Crippen molar-refractivity contribution in [2.75, 3.05) is 4.90 Å². The van der Waals surface area contributed by atoms with Crippen molar-refractivity contribution >= 4 is 62.9 Å². The monoisotopic (exact) mass is 550 g/mol. The van der Waals surface area contributed by atoms with Gasteiger partial charge in [0.05, 0.1) is 5.69 Å². The fraction of sp³-hybridized carbons (Fsp3) is 0.0800. The summed E-state index contributed by atoms with van der Waals surface area (Å²) >= 11 is 8.51. The minimum absolute atomic E-state index is 0.0569. The van der Waals surface area contributed by atoms with E-state index in [0.29, 0.717) is 16.8 Å². The summed E-state index contributed by atoms with van der Waals surface area (Å²) in [5, 5.41) is 17.7. The van der Waals surface area contributed by atoms with Gasteiger partial charge in [-0.15, -0.1) is 0 Å². The second-order valence-electron chi connectivity index (χ2n) is 7.58. The van der Waals surface area contributed by atoms with E-state index in [-0.39, 0.29) is 5.11 Å². The molecule has 176 valence electrons. The Morgan fingerprint density at radius 1 is 1.00 bits per heavy atom. The van der Waals surface area contributed by atoms with Crippen LogP contribution in [0.2, 0.25) is 0 Å². The van der Waals surface area contributed by atoms with Crippen molar-refractivity contribution in [1.82, 2.24) is 10.7 Å². The van der Waals surface area contributed by atoms with Crippen LogP contribution in [0.5, 0.6) is 0 Å². The zero-order chi connectivity index (χ0) is 25.0. The number of anilines is 1. The first-order valence-corrected chi connectivity index (χ1v) is 11.6. The van der Waals surface area contributed by atoms with Crippen molar-refractivity contribution in [2.24, 2.45) is 11.0 Å². The molecule has 1 atom stereocenters. The summed E-state index contributed by atoms with van der Waals surface area (Å²) in [5.41, 5.74) is 1.35. The first kappa shape index (κ1) is 24.4. The van der Waals surface area contributed by atoms with E-state index in [4.69, 9.17) is 12.2 Å². The number of nitrogens with one attached hydrogen (secondary N) is 2. The van der Waals surface area contributed by atoms with Crippen molar-refractivity contribution in [3.8, 4) is 0 Å². The van der Waals surface area contributed by atoms with Crippen molar-refractivity contribution < 1.29 is 19.5 Å². The molecule has 1 fully saturated rings. The molecule has 1 saturated heterocycles. The van der Waals surface area contributed by atoms with Crippen LogP contribution in [0, 0.1) is 5.92 Å². The fourth-order valence-corrected chi connectivity index (χ4v) is 4.16. The van der Waals surface area contributed by atoms with Crippen LogP contribution in [0.4, 0.5) is 5.69 Å². The predicted octanol–water partition coefficient (Wildman–Crippen LogP) is 2.85. The maximum absolute atomic E-state index is 13.1. The number of amides is 3. The van der Waals surface area contributed by atoms with E-state index in [1.807, 2.05) is 0 Å². The van der Waals surface area contributed by atoms with Crippen molar-refractivity contribution in [2.45, 2.75) is 5.60 Å². The van der Waals surface area contributed by atoms with Crippen LogP contribution >= 0.6 is 28.1 Å². The Kier molecular flexibility index (Phi) is 7.15. The molecule has 1 aliphatic rings. The summed E-state index contributed by atoms with van der Waals surface area (Å²) in [5.74, 6) is -3.49. The van der Waals surface area contributed by atoms with Crippen LogP contribution in [0.1, 0.15) is 11.1 Å². The molecule has 1 aliphatic heterocycles. The number of carbonyl (C=O) groups is 3. The molecule has 0 bridgehead atoms. The van der Waals surface area contributed by atoms with Gasteiger partial charge >= 0.3 is 0 Å². The maximum atomic E-state index is 13.1. The van der Waals surface area contributed by atoms with Gasteiger partial charge in [0.15, 0.2) is 16.6 Å². The SMILES string of the molecule is O=C1NC(=S)N(c2ccc(Br)cc2)C(=O)[C@@H]1/C=N\NC(=O)C(O)(c1ccccc1)c1ccccc1. The van der Waals surface area contributed by atoms with Crippen LogP contribution in [0.3, 0.4) is 0 Å². The third-order valence-electron chi connectivity index (χ3n) is 5.39. The zero-order valence-electron chi connectivity index (χ0n) is 18.1. The molecule has 0 unspecified atom stereocenters. The van der Waals surface area contributed by atoms with Crippen molar-refractivity contribution in [3.05, 3.63) is 101 Å². The van der Waals surface area contributed by atoms with E-state index in [0.717, 1.165) is 10.7 Å². The van der Waals surface area contributed by atoms with Gasteiger partial charge in [-0.1, -0.05) is 76.6 Å². The van der Waals surface area contributed by atoms with Crippen LogP contribution in [0.15, 0.2) is 94.5 Å². The Balaban J connectivity index is 1.57. The highest BCUT2D eigenvalue weighted by molar-refractivity contribution is 9.10. The molecule has 3 aromatic carbocycles. The van der Waals surface area contributed by atoms with E-state index in [2.05, 4.69) is 31.8 Å². The molecule has 10 heteroatoms. The highest BCUT2D eigenvalue weighted by atomic mass is 79.9. The quantitative estimate of drug-likeness (QED) is 0.189. The van der Waals surface area contributed by atoms with Gasteiger partial charge in [-0.3, -0.25) is 19.3 Å². The molecular weight excluding hydrogens is 532 g/mol. The maximum Gasteiger partial charge on any atom is 0.281 e. The Hall–Kier alpha value is -3.73. The summed E-state index contributed by atoms with van der Waals surface area (Å²) < 4.78 is 0.811. The lowest BCUT2D eigenvalue weighted by atomic mass is 9.85. The van der Waals surface area contributed by atoms with E-state index in [1.54, 1.807) is 84.9 Å². The van der Waals surface area contributed by atoms with Gasteiger partial charge in [0.2, 0.25) is 5.91 Å². The Labute approximate surface area is 214 Å². The third-order valence-corrected chi connectivity index (χ3v) is 6.20. The molecule has 0 radical (unpaired) electrons. The van der Waals surface area contributed by atoms with Crippen LogP contribution < -0.4 is 15.6 Å². The smallest absolute Gasteiger partial charge is 0.281 e. The lowest BCUT2D eigenvalue weighted by Gasteiger charge is -2.31. The standard InChI is InChI=1S/C25H19BrN4O4S/c26-18-11-13-19(14-12-18)30-22(32)20(21(31)28-24(30)35)15-27-29-23(33)25(34,16-7-3-1-4-8-16)17-9-5-2-6-10-17/h1-15,20,34H,(H,29,33)(H,28,31,35)/b27-15-/t20-/m1/s1. The molecule has 3 amide bonds. The van der Waals surface area contributed by atoms with Crippen molar-refractivity contribution in [1.29, 1.82) is 0 Å². The van der Waals surface area contributed by atoms with Crippen molar-refractivity contribution in [3.63, 3.8) is 0 Å². The second kappa shape index (κ2) is 10.3. The lowest BCUT2D eigenvalue weighted by Crippen LogP contribution is -2.58. The molecule has 0 saturated carbocycles. The largest absolute Gasteiger partial charge is 0.372 e. The van der Waals surface area contributed by atoms with E-state index < -0.39 is 29.2 Å². The first-order valence-electron chi connectivity index (χ1n) is 10.4. The fourth-order valence-electron chi connectivity index (χ4n) is 3.60. The minimum Gasteiger partial charge on any atom is -0.372 e. The van der Waals surface area contributed by atoms with E-state index >= 15 is 0 Å². The number of hydrazone groups is 1. The summed E-state index contributed by atoms with van der Waals surface area (Å²) in [7, 11) is 0. The van der Waals surface area contributed by atoms with Crippen LogP contribution in [-0.2, 0) is 20.0 Å². The van der Waals surface area contributed by atoms with E-state index in [9.17, 15) is 19.5 Å². The van der Waals surface area contributed by atoms with Gasteiger partial charge in [0.25, 0.3) is 11.8 Å². The number of halogens is 1. The Morgan fingerprint density at radius 3 is 2.09 bits per heavy atom. The number of carbonyl (C=O) groups excluding carboxylic acids is 3. The molecule has 1 heterocycles. The Morgan fingerprint density at radius 2 is 1.54 bits per heavy atom. The zero-order valence-corrected chi connectivity index (χ0v) is 20.5. The molecule has 35 heavy (non-hydrogen) atoms. The highest BCUT2D eigenvalue weighted by Crippen LogP contribution is 2.30. The van der Waals surface area contributed by atoms with Crippen LogP contribution in [0.25, 0.3) is 0 Å². The van der Waals surface area contributed by atoms with Gasteiger partial charge in [-0.05, 0) is 47.6 Å². The molecule has 3 N–H and O–H groups in total. The van der Waals surface area contributed by atoms with Gasteiger partial charge < -0.3 is 10.4 Å². The van der Waals surface area contributed by atoms with Crippen LogP contribution in [-0.4, -0.2) is 34.2 Å². The molecular formula is C25H19BrN4O4S. The molecule has 3 aromatic rings. The summed E-state index contributed by atoms with van der Waals surface area (Å²) in [6.07, 6.45) is 1.01.